The van der Waals surface area contributed by atoms with Crippen molar-refractivity contribution in [2.75, 3.05) is 16.4 Å². The molecule has 0 spiro atoms. The van der Waals surface area contributed by atoms with Gasteiger partial charge in [0.05, 0.1) is 16.6 Å². The minimum absolute atomic E-state index is 0. The number of amides is 2. The summed E-state index contributed by atoms with van der Waals surface area (Å²) >= 11 is 0. The number of anilines is 3. The molecule has 0 atom stereocenters. The average molecular weight is 686 g/mol. The van der Waals surface area contributed by atoms with Crippen LogP contribution in [-0.4, -0.2) is 41.0 Å². The smallest absolute Gasteiger partial charge is 0.744 e. The number of benzene rings is 5. The molecule has 0 saturated heterocycles. The zero-order chi connectivity index (χ0) is 33.2. The van der Waals surface area contributed by atoms with E-state index in [0.717, 1.165) is 18.2 Å². The van der Waals surface area contributed by atoms with Gasteiger partial charge < -0.3 is 41.0 Å². The molecule has 5 rings (SSSR count). The number of phenols is 2. The van der Waals surface area contributed by atoms with Gasteiger partial charge >= 0.3 is 59.1 Å². The summed E-state index contributed by atoms with van der Waals surface area (Å²) in [5.41, 5.74) is 5.90. The van der Waals surface area contributed by atoms with Crippen LogP contribution < -0.4 is 80.6 Å². The molecule has 14 nitrogen and oxygen atoms in total. The number of azo groups is 1. The number of carboxylic acid groups (broad SMARTS) is 1. The second kappa shape index (κ2) is 15.7. The molecule has 0 heterocycles. The van der Waals surface area contributed by atoms with Crippen LogP contribution in [0, 0.1) is 0 Å². The maximum absolute atomic E-state index is 12.6. The van der Waals surface area contributed by atoms with E-state index in [1.165, 1.54) is 60.7 Å². The number of carboxylic acids is 1. The predicted molar refractivity (Wildman–Crippen MR) is 163 cm³/mol. The Hall–Kier alpha value is -4.32. The van der Waals surface area contributed by atoms with Crippen molar-refractivity contribution in [3.8, 4) is 11.5 Å². The van der Waals surface area contributed by atoms with Crippen LogP contribution >= 0.6 is 0 Å². The second-order valence-electron chi connectivity index (χ2n) is 9.76. The van der Waals surface area contributed by atoms with Crippen LogP contribution in [0.1, 0.15) is 31.1 Å². The van der Waals surface area contributed by atoms with Crippen molar-refractivity contribution in [2.24, 2.45) is 10.2 Å². The topological polar surface area (TPSA) is 247 Å². The Bertz CT molecular complexity index is 2180. The first-order chi connectivity index (χ1) is 21.8. The van der Waals surface area contributed by atoms with E-state index in [1.807, 2.05) is 0 Å². The van der Waals surface area contributed by atoms with Crippen LogP contribution in [0.5, 0.6) is 11.5 Å². The fraction of sp³-hybridized carbons (Fsp3) is 0. The minimum atomic E-state index is -5.17. The maximum Gasteiger partial charge on any atom is 1.00 e. The number of nitrogens with one attached hydrogen (secondary N) is 2. The van der Waals surface area contributed by atoms with Gasteiger partial charge in [0.15, 0.2) is 5.75 Å². The Balaban J connectivity index is 0.00000312. The van der Waals surface area contributed by atoms with Gasteiger partial charge in [0.25, 0.3) is 11.8 Å². The zero-order valence-corrected chi connectivity index (χ0v) is 30.1. The quantitative estimate of drug-likeness (QED) is 0.0396. The standard InChI is InChI=1S/C31H23N5O9S.2Na/c32-19-5-1-16(2-6-19)29(39)33-21-9-11-23-18(13-21)14-26(46(43,44)45)27(28(23)38)36-35-20-7-3-17(4-8-20)30(40)34-22-10-12-25(37)24(15-22)31(41)42;;/h1-15,37-38H,32H2,(H,33,39)(H,34,40)(H,41,42)(H,43,44,45);;/q;2*+1/p-2. The van der Waals surface area contributed by atoms with Crippen molar-refractivity contribution in [1.29, 1.82) is 0 Å². The van der Waals surface area contributed by atoms with Gasteiger partial charge in [-0.2, -0.15) is 5.11 Å². The van der Waals surface area contributed by atoms with Gasteiger partial charge in [-0.05, 0) is 96.4 Å². The molecule has 5 aromatic carbocycles. The van der Waals surface area contributed by atoms with Gasteiger partial charge in [0.2, 0.25) is 0 Å². The Morgan fingerprint density at radius 2 is 1.27 bits per heavy atom. The van der Waals surface area contributed by atoms with Crippen molar-refractivity contribution in [2.45, 2.75) is 4.90 Å². The van der Waals surface area contributed by atoms with Gasteiger partial charge in [-0.3, -0.25) is 9.59 Å². The molecule has 0 aliphatic heterocycles. The van der Waals surface area contributed by atoms with Crippen LogP contribution in [0.3, 0.4) is 0 Å². The summed E-state index contributed by atoms with van der Waals surface area (Å²) in [4.78, 5) is 35.4. The molecule has 0 bridgehead atoms. The number of hydrogen-bond donors (Lipinski definition) is 5. The zero-order valence-electron chi connectivity index (χ0n) is 25.3. The van der Waals surface area contributed by atoms with E-state index in [4.69, 9.17) is 5.73 Å². The molecule has 17 heteroatoms. The molecular formula is C31H21N5Na2O9S. The Morgan fingerprint density at radius 3 is 1.83 bits per heavy atom. The summed E-state index contributed by atoms with van der Waals surface area (Å²) < 4.78 is 36.4. The third kappa shape index (κ3) is 8.77. The van der Waals surface area contributed by atoms with E-state index in [9.17, 15) is 42.7 Å². The van der Waals surface area contributed by atoms with Crippen LogP contribution in [0.2, 0.25) is 0 Å². The first-order valence-electron chi connectivity index (χ1n) is 13.1. The Morgan fingerprint density at radius 1 is 0.729 bits per heavy atom. The number of nitrogens with two attached hydrogens (primary N) is 1. The van der Waals surface area contributed by atoms with Crippen molar-refractivity contribution < 1.29 is 102 Å². The number of aromatic carboxylic acids is 1. The van der Waals surface area contributed by atoms with Crippen LogP contribution in [0.4, 0.5) is 28.4 Å². The normalized spacial score (nSPS) is 10.9. The van der Waals surface area contributed by atoms with Gasteiger partial charge in [0, 0.05) is 39.1 Å². The molecule has 0 aliphatic carbocycles. The molecule has 5 aromatic rings. The van der Waals surface area contributed by atoms with Gasteiger partial charge in [0.1, 0.15) is 21.6 Å². The molecular weight excluding hydrogens is 664 g/mol. The average Bonchev–Trinajstić information content (AvgIpc) is 3.01. The Labute approximate surface area is 317 Å². The number of rotatable bonds is 8. The fourth-order valence-electron chi connectivity index (χ4n) is 4.32. The summed E-state index contributed by atoms with van der Waals surface area (Å²) in [6.45, 7) is 0. The number of nitrogen functional groups attached to an aromatic ring is 1. The molecule has 2 amide bonds. The van der Waals surface area contributed by atoms with Gasteiger partial charge in [-0.15, -0.1) is 5.11 Å². The van der Waals surface area contributed by atoms with Gasteiger partial charge in [-0.1, -0.05) is 0 Å². The predicted octanol–water partition coefficient (Wildman–Crippen LogP) is -1.97. The SMILES string of the molecule is Nc1ccc(C(=O)Nc2ccc3c(O)c(N=Nc4ccc(C(=O)Nc5ccc(O)c(C(=O)[O-])c5)cc4)c(S(=O)(=O)[O-])cc3c2)cc1.[Na+].[Na+]. The number of carbonyl (C=O) groups is 3. The summed E-state index contributed by atoms with van der Waals surface area (Å²) in [6.07, 6.45) is 0. The van der Waals surface area contributed by atoms with E-state index in [0.29, 0.717) is 11.3 Å². The van der Waals surface area contributed by atoms with Gasteiger partial charge in [-0.25, -0.2) is 8.42 Å². The largest absolute Gasteiger partial charge is 1.00 e. The third-order valence-corrected chi connectivity index (χ3v) is 7.47. The Kier molecular flexibility index (Phi) is 12.5. The number of nitrogens with zero attached hydrogens (tertiary/aromatic N) is 2. The summed E-state index contributed by atoms with van der Waals surface area (Å²) in [5.74, 6) is -3.90. The van der Waals surface area contributed by atoms with E-state index in [1.54, 1.807) is 12.1 Å². The molecule has 6 N–H and O–H groups in total. The molecule has 0 fully saturated rings. The van der Waals surface area contributed by atoms with Crippen LogP contribution in [-0.2, 0) is 10.1 Å². The summed E-state index contributed by atoms with van der Waals surface area (Å²) in [5, 5.41) is 44.7. The third-order valence-electron chi connectivity index (χ3n) is 6.62. The number of aromatic hydroxyl groups is 2. The number of hydrogen-bond acceptors (Lipinski definition) is 12. The van der Waals surface area contributed by atoms with Crippen molar-refractivity contribution >= 4 is 67.1 Å². The van der Waals surface area contributed by atoms with Crippen molar-refractivity contribution in [3.05, 3.63) is 108 Å². The summed E-state index contributed by atoms with van der Waals surface area (Å²) in [6, 6.07) is 20.2. The first-order valence-corrected chi connectivity index (χ1v) is 14.5. The number of fused-ring (bicyclic) bond motifs is 1. The minimum Gasteiger partial charge on any atom is -0.744 e. The van der Waals surface area contributed by atoms with E-state index >= 15 is 0 Å². The van der Waals surface area contributed by atoms with E-state index in [2.05, 4.69) is 20.9 Å². The monoisotopic (exact) mass is 685 g/mol. The maximum atomic E-state index is 12.6. The second-order valence-corrected chi connectivity index (χ2v) is 11.1. The first kappa shape index (κ1) is 38.1. The van der Waals surface area contributed by atoms with E-state index in [-0.39, 0.29) is 92.5 Å². The van der Waals surface area contributed by atoms with Crippen molar-refractivity contribution in [1.82, 2.24) is 0 Å². The number of carbonyl (C=O) groups excluding carboxylic acids is 3. The molecule has 48 heavy (non-hydrogen) atoms. The fourth-order valence-corrected chi connectivity index (χ4v) is 4.97. The number of phenolic OH excluding ortho intramolecular Hbond substituents is 1. The molecule has 232 valence electrons. The molecule has 0 saturated carbocycles. The van der Waals surface area contributed by atoms with Crippen molar-refractivity contribution in [3.63, 3.8) is 0 Å². The molecule has 0 aromatic heterocycles. The van der Waals surface area contributed by atoms with E-state index < -0.39 is 55.5 Å². The summed E-state index contributed by atoms with van der Waals surface area (Å²) in [7, 11) is -5.17. The van der Waals surface area contributed by atoms with Crippen LogP contribution in [0.25, 0.3) is 10.8 Å². The molecule has 0 unspecified atom stereocenters. The molecule has 0 aliphatic rings. The van der Waals surface area contributed by atoms with Crippen LogP contribution in [0.15, 0.2) is 106 Å². The molecule has 0 radical (unpaired) electrons.